The van der Waals surface area contributed by atoms with Gasteiger partial charge in [0.25, 0.3) is 0 Å². The third-order valence-electron chi connectivity index (χ3n) is 4.15. The highest BCUT2D eigenvalue weighted by molar-refractivity contribution is 7.15. The summed E-state index contributed by atoms with van der Waals surface area (Å²) in [5.74, 6) is 0. The van der Waals surface area contributed by atoms with Crippen molar-refractivity contribution in [2.24, 2.45) is 0 Å². The van der Waals surface area contributed by atoms with E-state index in [4.69, 9.17) is 0 Å². The Kier molecular flexibility index (Phi) is 4.60. The van der Waals surface area contributed by atoms with Gasteiger partial charge < -0.3 is 10.2 Å². The molecule has 1 aliphatic rings. The van der Waals surface area contributed by atoms with E-state index < -0.39 is 0 Å². The van der Waals surface area contributed by atoms with Crippen LogP contribution >= 0.6 is 11.3 Å². The summed E-state index contributed by atoms with van der Waals surface area (Å²) in [6.07, 6.45) is 0.944. The van der Waals surface area contributed by atoms with Crippen LogP contribution in [0.1, 0.15) is 36.9 Å². The smallest absolute Gasteiger partial charge is 0.308 e. The van der Waals surface area contributed by atoms with Crippen LogP contribution in [0, 0.1) is 0 Å². The molecule has 5 nitrogen and oxygen atoms in total. The van der Waals surface area contributed by atoms with Crippen LogP contribution in [0.15, 0.2) is 24.3 Å². The lowest BCUT2D eigenvalue weighted by atomic mass is 9.87. The molecule has 3 rings (SSSR count). The van der Waals surface area contributed by atoms with Crippen molar-refractivity contribution >= 4 is 28.2 Å². The number of rotatable bonds is 2. The van der Waals surface area contributed by atoms with E-state index in [1.807, 2.05) is 24.3 Å². The number of anilines is 2. The van der Waals surface area contributed by atoms with Crippen molar-refractivity contribution in [2.75, 3.05) is 24.2 Å². The van der Waals surface area contributed by atoms with Gasteiger partial charge in [0.05, 0.1) is 5.69 Å². The van der Waals surface area contributed by atoms with Gasteiger partial charge in [-0.15, -0.1) is 11.3 Å². The highest BCUT2D eigenvalue weighted by Crippen LogP contribution is 2.28. The van der Waals surface area contributed by atoms with Gasteiger partial charge in [0.1, 0.15) is 0 Å². The van der Waals surface area contributed by atoms with Gasteiger partial charge in [0.2, 0.25) is 0 Å². The number of hydrogen-bond donors (Lipinski definition) is 2. The van der Waals surface area contributed by atoms with Crippen LogP contribution < -0.4 is 10.6 Å². The molecule has 1 aromatic heterocycles. The molecule has 0 fully saturated rings. The molecule has 1 aliphatic heterocycles. The number of carbonyl (C=O) groups is 1. The Morgan fingerprint density at radius 3 is 2.58 bits per heavy atom. The summed E-state index contributed by atoms with van der Waals surface area (Å²) in [7, 11) is 2.10. The Bertz CT molecular complexity index is 730. The van der Waals surface area contributed by atoms with Crippen molar-refractivity contribution in [3.05, 3.63) is 40.4 Å². The molecule has 2 N–H and O–H groups in total. The second-order valence-corrected chi connectivity index (χ2v) is 8.37. The Labute approximate surface area is 147 Å². The molecular formula is C18H24N4OS. The van der Waals surface area contributed by atoms with Gasteiger partial charge in [-0.25, -0.2) is 9.78 Å². The van der Waals surface area contributed by atoms with E-state index >= 15 is 0 Å². The topological polar surface area (TPSA) is 57.3 Å². The van der Waals surface area contributed by atoms with E-state index in [1.54, 1.807) is 11.3 Å². The van der Waals surface area contributed by atoms with Crippen LogP contribution in [-0.2, 0) is 18.4 Å². The first-order chi connectivity index (χ1) is 11.3. The molecule has 0 saturated carbocycles. The fourth-order valence-electron chi connectivity index (χ4n) is 2.69. The number of nitrogens with zero attached hydrogens (tertiary/aromatic N) is 2. The third kappa shape index (κ3) is 3.94. The highest BCUT2D eigenvalue weighted by atomic mass is 32.1. The van der Waals surface area contributed by atoms with Crippen LogP contribution in [0.3, 0.4) is 0 Å². The first-order valence-electron chi connectivity index (χ1n) is 8.17. The van der Waals surface area contributed by atoms with Gasteiger partial charge in [-0.2, -0.15) is 0 Å². The molecule has 2 heterocycles. The molecule has 0 bridgehead atoms. The summed E-state index contributed by atoms with van der Waals surface area (Å²) < 4.78 is 0. The zero-order chi connectivity index (χ0) is 17.3. The van der Waals surface area contributed by atoms with Gasteiger partial charge >= 0.3 is 6.03 Å². The van der Waals surface area contributed by atoms with Gasteiger partial charge in [-0.3, -0.25) is 5.32 Å². The maximum atomic E-state index is 12.2. The van der Waals surface area contributed by atoms with Crippen molar-refractivity contribution in [3.8, 4) is 0 Å². The highest BCUT2D eigenvalue weighted by Gasteiger charge is 2.19. The van der Waals surface area contributed by atoms with Crippen LogP contribution in [0.25, 0.3) is 0 Å². The van der Waals surface area contributed by atoms with E-state index in [0.29, 0.717) is 5.13 Å². The second kappa shape index (κ2) is 6.53. The minimum absolute atomic E-state index is 0.105. The predicted octanol–water partition coefficient (Wildman–Crippen LogP) is 4.07. The maximum Gasteiger partial charge on any atom is 0.325 e. The maximum absolute atomic E-state index is 12.2. The molecule has 0 spiro atoms. The van der Waals surface area contributed by atoms with E-state index in [0.717, 1.165) is 30.9 Å². The van der Waals surface area contributed by atoms with Gasteiger partial charge in [0, 0.05) is 30.1 Å². The van der Waals surface area contributed by atoms with Crippen LogP contribution in [-0.4, -0.2) is 29.5 Å². The molecule has 0 atom stereocenters. The zero-order valence-electron chi connectivity index (χ0n) is 14.6. The SMILES string of the molecule is CN1CCc2nc(NC(=O)Nc3ccc(C(C)(C)C)cc3)sc2C1. The second-order valence-electron chi connectivity index (χ2n) is 7.28. The molecule has 0 saturated heterocycles. The lowest BCUT2D eigenvalue weighted by Gasteiger charge is -2.20. The zero-order valence-corrected chi connectivity index (χ0v) is 15.5. The van der Waals surface area contributed by atoms with Crippen LogP contribution in [0.2, 0.25) is 0 Å². The number of hydrogen-bond acceptors (Lipinski definition) is 4. The molecule has 1 aromatic carbocycles. The normalized spacial score (nSPS) is 15.0. The number of nitrogens with one attached hydrogen (secondary N) is 2. The molecule has 2 aromatic rings. The summed E-state index contributed by atoms with van der Waals surface area (Å²) in [5.41, 5.74) is 3.24. The Hall–Kier alpha value is -1.92. The number of fused-ring (bicyclic) bond motifs is 1. The van der Waals surface area contributed by atoms with Crippen LogP contribution in [0.4, 0.5) is 15.6 Å². The van der Waals surface area contributed by atoms with E-state index in [-0.39, 0.29) is 11.4 Å². The van der Waals surface area contributed by atoms with Crippen molar-refractivity contribution < 1.29 is 4.79 Å². The summed E-state index contributed by atoms with van der Waals surface area (Å²) in [6, 6.07) is 7.71. The first kappa shape index (κ1) is 16.9. The third-order valence-corrected chi connectivity index (χ3v) is 5.15. The first-order valence-corrected chi connectivity index (χ1v) is 8.98. The van der Waals surface area contributed by atoms with Crippen LogP contribution in [0.5, 0.6) is 0 Å². The number of amides is 2. The average Bonchev–Trinajstić information content (AvgIpc) is 2.87. The fraction of sp³-hybridized carbons (Fsp3) is 0.444. The van der Waals surface area contributed by atoms with Crippen molar-refractivity contribution in [3.63, 3.8) is 0 Å². The molecule has 0 unspecified atom stereocenters. The minimum Gasteiger partial charge on any atom is -0.308 e. The molecule has 0 aliphatic carbocycles. The fourth-order valence-corrected chi connectivity index (χ4v) is 3.77. The Balaban J connectivity index is 1.62. The number of carbonyl (C=O) groups excluding carboxylic acids is 1. The molecule has 24 heavy (non-hydrogen) atoms. The van der Waals surface area contributed by atoms with E-state index in [1.165, 1.54) is 10.4 Å². The van der Waals surface area contributed by atoms with Gasteiger partial charge in [-0.1, -0.05) is 32.9 Å². The number of thiazole rings is 1. The molecular weight excluding hydrogens is 320 g/mol. The quantitative estimate of drug-likeness (QED) is 0.863. The number of likely N-dealkylation sites (N-methyl/N-ethyl adjacent to an activating group) is 1. The average molecular weight is 344 g/mol. The lowest BCUT2D eigenvalue weighted by Crippen LogP contribution is -2.25. The summed E-state index contributed by atoms with van der Waals surface area (Å²) in [5, 5.41) is 6.38. The number of benzene rings is 1. The Morgan fingerprint density at radius 1 is 1.21 bits per heavy atom. The standard InChI is InChI=1S/C18H24N4OS/c1-18(2,3)12-5-7-13(8-6-12)19-16(23)21-17-20-14-9-10-22(4)11-15(14)24-17/h5-8H,9-11H2,1-4H3,(H2,19,20,21,23). The number of urea groups is 1. The van der Waals surface area contributed by atoms with Gasteiger partial charge in [-0.05, 0) is 30.2 Å². The minimum atomic E-state index is -0.252. The summed E-state index contributed by atoms with van der Waals surface area (Å²) >= 11 is 1.56. The lowest BCUT2D eigenvalue weighted by molar-refractivity contribution is 0.262. The molecule has 2 amide bonds. The summed E-state index contributed by atoms with van der Waals surface area (Å²) in [6.45, 7) is 8.44. The van der Waals surface area contributed by atoms with E-state index in [2.05, 4.69) is 48.3 Å². The Morgan fingerprint density at radius 2 is 1.92 bits per heavy atom. The number of aromatic nitrogens is 1. The van der Waals surface area contributed by atoms with E-state index in [9.17, 15) is 4.79 Å². The molecule has 128 valence electrons. The molecule has 6 heteroatoms. The predicted molar refractivity (Wildman–Crippen MR) is 99.9 cm³/mol. The van der Waals surface area contributed by atoms with Crippen molar-refractivity contribution in [1.82, 2.24) is 9.88 Å². The largest absolute Gasteiger partial charge is 0.325 e. The summed E-state index contributed by atoms with van der Waals surface area (Å²) in [4.78, 5) is 20.2. The molecule has 0 radical (unpaired) electrons. The van der Waals surface area contributed by atoms with Gasteiger partial charge in [0.15, 0.2) is 5.13 Å². The monoisotopic (exact) mass is 344 g/mol. The van der Waals surface area contributed by atoms with Crippen molar-refractivity contribution in [2.45, 2.75) is 39.2 Å². The van der Waals surface area contributed by atoms with Crippen molar-refractivity contribution in [1.29, 1.82) is 0 Å².